The maximum atomic E-state index is 13.8. The summed E-state index contributed by atoms with van der Waals surface area (Å²) in [4.78, 5) is 0. The molecule has 1 aliphatic rings. The predicted molar refractivity (Wildman–Crippen MR) is 61.7 cm³/mol. The zero-order chi connectivity index (χ0) is 11.6. The van der Waals surface area contributed by atoms with E-state index < -0.39 is 0 Å². The monoisotopic (exact) mass is 223 g/mol. The van der Waals surface area contributed by atoms with Gasteiger partial charge in [-0.15, -0.1) is 0 Å². The second kappa shape index (κ2) is 4.52. The van der Waals surface area contributed by atoms with E-state index in [0.717, 1.165) is 18.4 Å². The quantitative estimate of drug-likeness (QED) is 0.848. The Morgan fingerprint density at radius 2 is 2.12 bits per heavy atom. The molecule has 0 unspecified atom stereocenters. The summed E-state index contributed by atoms with van der Waals surface area (Å²) < 4.78 is 19.0. The predicted octanol–water partition coefficient (Wildman–Crippen LogP) is 2.08. The highest BCUT2D eigenvalue weighted by atomic mass is 19.1. The Morgan fingerprint density at radius 3 is 2.69 bits per heavy atom. The molecule has 0 aromatic heterocycles. The zero-order valence-corrected chi connectivity index (χ0v) is 9.58. The molecule has 88 valence electrons. The van der Waals surface area contributed by atoms with Gasteiger partial charge in [0, 0.05) is 12.5 Å². The zero-order valence-electron chi connectivity index (χ0n) is 9.58. The number of nitrogens with two attached hydrogens (primary N) is 1. The van der Waals surface area contributed by atoms with Gasteiger partial charge in [-0.3, -0.25) is 0 Å². The second-order valence-corrected chi connectivity index (χ2v) is 4.70. The van der Waals surface area contributed by atoms with Crippen LogP contribution in [0.25, 0.3) is 0 Å². The fraction of sp³-hybridized carbons (Fsp3) is 0.538. The summed E-state index contributed by atoms with van der Waals surface area (Å²) >= 11 is 0. The van der Waals surface area contributed by atoms with Crippen molar-refractivity contribution in [1.82, 2.24) is 0 Å². The van der Waals surface area contributed by atoms with E-state index in [0.29, 0.717) is 19.1 Å². The van der Waals surface area contributed by atoms with Crippen molar-refractivity contribution >= 4 is 0 Å². The van der Waals surface area contributed by atoms with E-state index in [1.807, 2.05) is 12.1 Å². The van der Waals surface area contributed by atoms with Gasteiger partial charge >= 0.3 is 0 Å². The standard InChI is InChI=1S/C13H18FNO/c1-16-9-13(6-10(7-13)8-15)11-4-2-3-5-12(11)14/h2-5,10H,6-9,15H2,1H3. The van der Waals surface area contributed by atoms with Crippen LogP contribution in [-0.4, -0.2) is 20.3 Å². The summed E-state index contributed by atoms with van der Waals surface area (Å²) in [5.41, 5.74) is 6.26. The molecule has 0 heterocycles. The van der Waals surface area contributed by atoms with Crippen molar-refractivity contribution in [2.75, 3.05) is 20.3 Å². The minimum absolute atomic E-state index is 0.130. The van der Waals surface area contributed by atoms with E-state index in [2.05, 4.69) is 0 Å². The van der Waals surface area contributed by atoms with E-state index in [9.17, 15) is 4.39 Å². The molecule has 3 heteroatoms. The van der Waals surface area contributed by atoms with Gasteiger partial charge in [-0.1, -0.05) is 18.2 Å². The van der Waals surface area contributed by atoms with Crippen LogP contribution in [0.1, 0.15) is 18.4 Å². The lowest BCUT2D eigenvalue weighted by Crippen LogP contribution is -2.47. The molecule has 1 fully saturated rings. The van der Waals surface area contributed by atoms with E-state index in [1.165, 1.54) is 6.07 Å². The van der Waals surface area contributed by atoms with Crippen LogP contribution >= 0.6 is 0 Å². The summed E-state index contributed by atoms with van der Waals surface area (Å²) in [5.74, 6) is 0.379. The number of hydrogen-bond donors (Lipinski definition) is 1. The fourth-order valence-corrected chi connectivity index (χ4v) is 2.80. The molecule has 2 nitrogen and oxygen atoms in total. The van der Waals surface area contributed by atoms with Crippen LogP contribution in [0.3, 0.4) is 0 Å². The van der Waals surface area contributed by atoms with Gasteiger partial charge in [0.2, 0.25) is 0 Å². The molecule has 1 saturated carbocycles. The largest absolute Gasteiger partial charge is 0.384 e. The molecule has 0 atom stereocenters. The van der Waals surface area contributed by atoms with Crippen molar-refractivity contribution in [2.45, 2.75) is 18.3 Å². The van der Waals surface area contributed by atoms with Gasteiger partial charge in [0.05, 0.1) is 6.61 Å². The molecule has 0 amide bonds. The molecule has 0 spiro atoms. The lowest BCUT2D eigenvalue weighted by molar-refractivity contribution is 0.0399. The molecular weight excluding hydrogens is 205 g/mol. The third-order valence-corrected chi connectivity index (χ3v) is 3.56. The van der Waals surface area contributed by atoms with E-state index in [4.69, 9.17) is 10.5 Å². The van der Waals surface area contributed by atoms with Crippen molar-refractivity contribution in [2.24, 2.45) is 11.7 Å². The highest BCUT2D eigenvalue weighted by Crippen LogP contribution is 2.48. The van der Waals surface area contributed by atoms with E-state index in [1.54, 1.807) is 13.2 Å². The molecule has 1 aliphatic carbocycles. The molecule has 0 bridgehead atoms. The van der Waals surface area contributed by atoms with E-state index in [-0.39, 0.29) is 11.2 Å². The average molecular weight is 223 g/mol. The maximum Gasteiger partial charge on any atom is 0.127 e. The first-order valence-corrected chi connectivity index (χ1v) is 5.66. The summed E-state index contributed by atoms with van der Waals surface area (Å²) in [5, 5.41) is 0. The Kier molecular flexibility index (Phi) is 3.26. The van der Waals surface area contributed by atoms with Crippen molar-refractivity contribution in [1.29, 1.82) is 0 Å². The normalized spacial score (nSPS) is 28.8. The first kappa shape index (κ1) is 11.6. The average Bonchev–Trinajstić information content (AvgIpc) is 2.24. The van der Waals surface area contributed by atoms with Gasteiger partial charge in [-0.2, -0.15) is 0 Å². The molecule has 0 radical (unpaired) electrons. The first-order valence-electron chi connectivity index (χ1n) is 5.66. The first-order chi connectivity index (χ1) is 7.72. The number of methoxy groups -OCH3 is 1. The van der Waals surface area contributed by atoms with Crippen LogP contribution in [0, 0.1) is 11.7 Å². The van der Waals surface area contributed by atoms with Crippen LogP contribution in [0.5, 0.6) is 0 Å². The summed E-state index contributed by atoms with van der Waals surface area (Å²) in [6, 6.07) is 6.98. The fourth-order valence-electron chi connectivity index (χ4n) is 2.80. The molecule has 2 rings (SSSR count). The summed E-state index contributed by atoms with van der Waals surface area (Å²) in [6.07, 6.45) is 1.86. The minimum Gasteiger partial charge on any atom is -0.384 e. The van der Waals surface area contributed by atoms with Crippen molar-refractivity contribution in [3.8, 4) is 0 Å². The summed E-state index contributed by atoms with van der Waals surface area (Å²) in [7, 11) is 1.67. The smallest absolute Gasteiger partial charge is 0.127 e. The third kappa shape index (κ3) is 1.85. The number of hydrogen-bond acceptors (Lipinski definition) is 2. The lowest BCUT2D eigenvalue weighted by atomic mass is 9.59. The molecule has 16 heavy (non-hydrogen) atoms. The third-order valence-electron chi connectivity index (χ3n) is 3.56. The Hall–Kier alpha value is -0.930. The van der Waals surface area contributed by atoms with Gasteiger partial charge in [0.15, 0.2) is 0 Å². The van der Waals surface area contributed by atoms with Crippen LogP contribution in [0.2, 0.25) is 0 Å². The molecule has 2 N–H and O–H groups in total. The maximum absolute atomic E-state index is 13.8. The number of rotatable bonds is 4. The van der Waals surface area contributed by atoms with Crippen molar-refractivity contribution < 1.29 is 9.13 Å². The summed E-state index contributed by atoms with van der Waals surface area (Å²) in [6.45, 7) is 1.25. The Morgan fingerprint density at radius 1 is 1.44 bits per heavy atom. The highest BCUT2D eigenvalue weighted by molar-refractivity contribution is 5.30. The topological polar surface area (TPSA) is 35.2 Å². The number of ether oxygens (including phenoxy) is 1. The Bertz CT molecular complexity index is 361. The highest BCUT2D eigenvalue weighted by Gasteiger charge is 2.46. The van der Waals surface area contributed by atoms with Gasteiger partial charge in [-0.05, 0) is 36.9 Å². The second-order valence-electron chi connectivity index (χ2n) is 4.70. The van der Waals surface area contributed by atoms with Gasteiger partial charge in [0.1, 0.15) is 5.82 Å². The Balaban J connectivity index is 2.24. The van der Waals surface area contributed by atoms with E-state index >= 15 is 0 Å². The Labute approximate surface area is 95.6 Å². The van der Waals surface area contributed by atoms with Gasteiger partial charge in [0.25, 0.3) is 0 Å². The SMILES string of the molecule is COCC1(c2ccccc2F)CC(CN)C1. The number of benzene rings is 1. The van der Waals surface area contributed by atoms with Crippen molar-refractivity contribution in [3.05, 3.63) is 35.6 Å². The van der Waals surface area contributed by atoms with Gasteiger partial charge < -0.3 is 10.5 Å². The lowest BCUT2D eigenvalue weighted by Gasteiger charge is -2.47. The van der Waals surface area contributed by atoms with Crippen LogP contribution in [0.15, 0.2) is 24.3 Å². The minimum atomic E-state index is -0.149. The molecule has 0 aliphatic heterocycles. The van der Waals surface area contributed by atoms with Crippen molar-refractivity contribution in [3.63, 3.8) is 0 Å². The van der Waals surface area contributed by atoms with Crippen LogP contribution in [-0.2, 0) is 10.2 Å². The van der Waals surface area contributed by atoms with Gasteiger partial charge in [-0.25, -0.2) is 4.39 Å². The number of halogens is 1. The van der Waals surface area contributed by atoms with Crippen LogP contribution < -0.4 is 5.73 Å². The molecular formula is C13H18FNO. The molecule has 1 aromatic rings. The molecule has 1 aromatic carbocycles. The van der Waals surface area contributed by atoms with Crippen LogP contribution in [0.4, 0.5) is 4.39 Å². The molecule has 0 saturated heterocycles.